The highest BCUT2D eigenvalue weighted by Gasteiger charge is 2.29. The molecule has 1 saturated heterocycles. The van der Waals surface area contributed by atoms with E-state index < -0.39 is 0 Å². The Morgan fingerprint density at radius 3 is 2.52 bits per heavy atom. The minimum atomic E-state index is 0.220. The van der Waals surface area contributed by atoms with Crippen molar-refractivity contribution in [3.8, 4) is 0 Å². The quantitative estimate of drug-likeness (QED) is 0.738. The smallest absolute Gasteiger partial charge is 0.171 e. The van der Waals surface area contributed by atoms with E-state index >= 15 is 0 Å². The maximum absolute atomic E-state index is 5.64. The van der Waals surface area contributed by atoms with Gasteiger partial charge >= 0.3 is 0 Å². The van der Waals surface area contributed by atoms with Gasteiger partial charge in [-0.2, -0.15) is 0 Å². The van der Waals surface area contributed by atoms with Gasteiger partial charge in [-0.05, 0) is 68.7 Å². The van der Waals surface area contributed by atoms with E-state index in [0.29, 0.717) is 11.2 Å². The molecule has 3 rings (SSSR count). The van der Waals surface area contributed by atoms with Gasteiger partial charge in [0.1, 0.15) is 0 Å². The number of rotatable bonds is 5. The predicted octanol–water partition coefficient (Wildman–Crippen LogP) is 4.03. The van der Waals surface area contributed by atoms with E-state index in [0.717, 1.165) is 31.9 Å². The van der Waals surface area contributed by atoms with Crippen molar-refractivity contribution in [2.75, 3.05) is 38.5 Å². The normalized spacial score (nSPS) is 18.1. The van der Waals surface area contributed by atoms with Crippen molar-refractivity contribution in [3.05, 3.63) is 51.7 Å². The third kappa shape index (κ3) is 5.08. The second-order valence-electron chi connectivity index (χ2n) is 7.43. The summed E-state index contributed by atoms with van der Waals surface area (Å²) >= 11 is 7.47. The summed E-state index contributed by atoms with van der Waals surface area (Å²) in [7, 11) is 2.20. The second-order valence-corrected chi connectivity index (χ2v) is 8.82. The van der Waals surface area contributed by atoms with Crippen molar-refractivity contribution in [1.82, 2.24) is 15.1 Å². The van der Waals surface area contributed by atoms with Gasteiger partial charge in [-0.3, -0.25) is 4.90 Å². The lowest BCUT2D eigenvalue weighted by atomic mass is 10.1. The molecule has 146 valence electrons. The van der Waals surface area contributed by atoms with Gasteiger partial charge in [0.05, 0.1) is 6.04 Å². The van der Waals surface area contributed by atoms with Gasteiger partial charge in [-0.1, -0.05) is 18.2 Å². The van der Waals surface area contributed by atoms with E-state index in [4.69, 9.17) is 12.2 Å². The van der Waals surface area contributed by atoms with Crippen molar-refractivity contribution in [3.63, 3.8) is 0 Å². The number of anilines is 1. The van der Waals surface area contributed by atoms with Gasteiger partial charge in [0, 0.05) is 42.8 Å². The maximum atomic E-state index is 5.64. The molecule has 0 saturated carbocycles. The van der Waals surface area contributed by atoms with Crippen LogP contribution in [0.4, 0.5) is 5.69 Å². The zero-order valence-electron chi connectivity index (χ0n) is 16.7. The minimum absolute atomic E-state index is 0.220. The molecule has 1 fully saturated rings. The first kappa shape index (κ1) is 20.3. The number of hydrogen-bond donors (Lipinski definition) is 2. The van der Waals surface area contributed by atoms with Gasteiger partial charge in [0.2, 0.25) is 0 Å². The maximum Gasteiger partial charge on any atom is 0.171 e. The molecule has 0 radical (unpaired) electrons. The Hall–Kier alpha value is -1.47. The Kier molecular flexibility index (Phi) is 6.87. The van der Waals surface area contributed by atoms with Crippen molar-refractivity contribution in [2.24, 2.45) is 0 Å². The minimum Gasteiger partial charge on any atom is -0.358 e. The average Bonchev–Trinajstić information content (AvgIpc) is 3.15. The fourth-order valence-electron chi connectivity index (χ4n) is 3.63. The Bertz CT molecular complexity index is 752. The molecule has 0 bridgehead atoms. The lowest BCUT2D eigenvalue weighted by molar-refractivity contribution is 0.0990. The van der Waals surface area contributed by atoms with Crippen LogP contribution in [0, 0.1) is 13.8 Å². The van der Waals surface area contributed by atoms with Crippen LogP contribution in [-0.4, -0.2) is 54.2 Å². The number of nitrogens with zero attached hydrogens (tertiary/aromatic N) is 2. The van der Waals surface area contributed by atoms with Crippen molar-refractivity contribution in [1.29, 1.82) is 0 Å². The third-order valence-corrected chi connectivity index (χ3v) is 6.61. The molecule has 2 N–H and O–H groups in total. The van der Waals surface area contributed by atoms with Crippen LogP contribution in [0.15, 0.2) is 35.7 Å². The molecule has 4 nitrogen and oxygen atoms in total. The van der Waals surface area contributed by atoms with E-state index in [1.807, 2.05) is 11.3 Å². The van der Waals surface area contributed by atoms with E-state index in [1.165, 1.54) is 16.0 Å². The fraction of sp³-hybridized carbons (Fsp3) is 0.476. The molecular formula is C21H30N4S2. The van der Waals surface area contributed by atoms with Crippen LogP contribution in [0.1, 0.15) is 29.0 Å². The Labute approximate surface area is 172 Å². The SMILES string of the molecule is Cc1cccc(NC(=S)N[C@@H](C)[C@@H](c2cccs2)N2CCN(C)CC2)c1C. The first-order valence-corrected chi connectivity index (χ1v) is 10.8. The van der Waals surface area contributed by atoms with Gasteiger partial charge < -0.3 is 15.5 Å². The highest BCUT2D eigenvalue weighted by molar-refractivity contribution is 7.80. The number of likely N-dealkylation sites (N-methyl/N-ethyl adjacent to an activating group) is 1. The fourth-order valence-corrected chi connectivity index (χ4v) is 4.89. The van der Waals surface area contributed by atoms with Crippen molar-refractivity contribution in [2.45, 2.75) is 32.9 Å². The highest BCUT2D eigenvalue weighted by atomic mass is 32.1. The lowest BCUT2D eigenvalue weighted by Gasteiger charge is -2.40. The van der Waals surface area contributed by atoms with Gasteiger partial charge in [-0.25, -0.2) is 0 Å². The van der Waals surface area contributed by atoms with Crippen LogP contribution in [-0.2, 0) is 0 Å². The number of thiocarbonyl (C=S) groups is 1. The van der Waals surface area contributed by atoms with E-state index in [-0.39, 0.29) is 6.04 Å². The molecule has 1 aromatic carbocycles. The molecule has 0 aliphatic carbocycles. The van der Waals surface area contributed by atoms with Gasteiger partial charge in [-0.15, -0.1) is 11.3 Å². The topological polar surface area (TPSA) is 30.5 Å². The summed E-state index contributed by atoms with van der Waals surface area (Å²) in [6.45, 7) is 10.9. The van der Waals surface area contributed by atoms with E-state index in [1.54, 1.807) is 0 Å². The monoisotopic (exact) mass is 402 g/mol. The first-order chi connectivity index (χ1) is 13.0. The first-order valence-electron chi connectivity index (χ1n) is 9.55. The summed E-state index contributed by atoms with van der Waals surface area (Å²) in [4.78, 5) is 6.38. The molecular weight excluding hydrogens is 372 g/mol. The van der Waals surface area contributed by atoms with Crippen LogP contribution in [0.5, 0.6) is 0 Å². The van der Waals surface area contributed by atoms with E-state index in [2.05, 4.69) is 84.0 Å². The second kappa shape index (κ2) is 9.15. The number of aryl methyl sites for hydroxylation is 1. The molecule has 1 aliphatic heterocycles. The summed E-state index contributed by atoms with van der Waals surface area (Å²) in [5.74, 6) is 0. The van der Waals surface area contributed by atoms with Crippen LogP contribution in [0.2, 0.25) is 0 Å². The van der Waals surface area contributed by atoms with Crippen LogP contribution >= 0.6 is 23.6 Å². The molecule has 1 aliphatic rings. The summed E-state index contributed by atoms with van der Waals surface area (Å²) in [6, 6.07) is 11.2. The molecule has 2 heterocycles. The summed E-state index contributed by atoms with van der Waals surface area (Å²) in [5, 5.41) is 9.78. The van der Waals surface area contributed by atoms with Crippen LogP contribution in [0.3, 0.4) is 0 Å². The summed E-state index contributed by atoms with van der Waals surface area (Å²) in [6.07, 6.45) is 0. The van der Waals surface area contributed by atoms with Gasteiger partial charge in [0.25, 0.3) is 0 Å². The molecule has 1 aromatic heterocycles. The number of benzene rings is 1. The molecule has 2 atom stereocenters. The Balaban J connectivity index is 1.69. The predicted molar refractivity (Wildman–Crippen MR) is 121 cm³/mol. The zero-order chi connectivity index (χ0) is 19.4. The molecule has 27 heavy (non-hydrogen) atoms. The number of thiophene rings is 1. The van der Waals surface area contributed by atoms with Crippen molar-refractivity contribution < 1.29 is 0 Å². The average molecular weight is 403 g/mol. The molecule has 6 heteroatoms. The van der Waals surface area contributed by atoms with Crippen molar-refractivity contribution >= 4 is 34.4 Å². The zero-order valence-corrected chi connectivity index (χ0v) is 18.3. The number of nitrogens with one attached hydrogen (secondary N) is 2. The summed E-state index contributed by atoms with van der Waals surface area (Å²) in [5.41, 5.74) is 3.58. The van der Waals surface area contributed by atoms with Crippen LogP contribution in [0.25, 0.3) is 0 Å². The van der Waals surface area contributed by atoms with Gasteiger partial charge in [0.15, 0.2) is 5.11 Å². The molecule has 2 aromatic rings. The highest BCUT2D eigenvalue weighted by Crippen LogP contribution is 2.29. The molecule has 0 amide bonds. The standard InChI is InChI=1S/C21H30N4S2/c1-15-7-5-8-18(16(15)2)23-21(26)22-17(3)20(19-9-6-14-27-19)25-12-10-24(4)11-13-25/h5-9,14,17,20H,10-13H2,1-4H3,(H2,22,23,26)/t17-,20-/m0/s1. The number of hydrogen-bond acceptors (Lipinski definition) is 4. The van der Waals surface area contributed by atoms with E-state index in [9.17, 15) is 0 Å². The lowest BCUT2D eigenvalue weighted by Crippen LogP contribution is -2.51. The number of piperazine rings is 1. The Morgan fingerprint density at radius 2 is 1.85 bits per heavy atom. The molecule has 0 spiro atoms. The van der Waals surface area contributed by atoms with Crippen LogP contribution < -0.4 is 10.6 Å². The largest absolute Gasteiger partial charge is 0.358 e. The molecule has 0 unspecified atom stereocenters. The third-order valence-electron chi connectivity index (χ3n) is 5.45. The summed E-state index contributed by atoms with van der Waals surface area (Å²) < 4.78 is 0. The Morgan fingerprint density at radius 1 is 1.11 bits per heavy atom.